The number of piperidine rings is 1. The minimum Gasteiger partial charge on any atom is -0.334 e. The zero-order valence-corrected chi connectivity index (χ0v) is 18.3. The maximum absolute atomic E-state index is 4.96. The largest absolute Gasteiger partial charge is 0.334 e. The van der Waals surface area contributed by atoms with E-state index in [0.717, 1.165) is 34.0 Å². The Hall–Kier alpha value is -2.44. The van der Waals surface area contributed by atoms with Gasteiger partial charge in [-0.3, -0.25) is 0 Å². The molecular formula is C24H28N5S+. The summed E-state index contributed by atoms with van der Waals surface area (Å²) < 4.78 is 2.29. The number of nitrogens with one attached hydrogen (secondary N) is 1. The molecule has 30 heavy (non-hydrogen) atoms. The molecule has 2 aromatic carbocycles. The van der Waals surface area contributed by atoms with Gasteiger partial charge in [-0.05, 0) is 43.9 Å². The molecule has 1 N–H and O–H groups in total. The molecule has 0 aliphatic carbocycles. The average Bonchev–Trinajstić information content (AvgIpc) is 3.07. The number of thioether (sulfide) groups is 1. The fourth-order valence-corrected chi connectivity index (χ4v) is 5.25. The summed E-state index contributed by atoms with van der Waals surface area (Å²) in [6.45, 7) is 6.70. The van der Waals surface area contributed by atoms with Crippen molar-refractivity contribution < 1.29 is 4.90 Å². The highest BCUT2D eigenvalue weighted by atomic mass is 32.2. The lowest BCUT2D eigenvalue weighted by Crippen LogP contribution is -3.13. The zero-order valence-electron chi connectivity index (χ0n) is 17.5. The van der Waals surface area contributed by atoms with Crippen LogP contribution in [0.15, 0.2) is 53.7 Å². The van der Waals surface area contributed by atoms with Crippen molar-refractivity contribution in [1.29, 1.82) is 0 Å². The molecule has 2 aromatic heterocycles. The normalized spacial score (nSPS) is 15.2. The summed E-state index contributed by atoms with van der Waals surface area (Å²) in [4.78, 5) is 6.68. The van der Waals surface area contributed by atoms with Crippen molar-refractivity contribution in [1.82, 2.24) is 19.7 Å². The van der Waals surface area contributed by atoms with E-state index >= 15 is 0 Å². The van der Waals surface area contributed by atoms with Crippen LogP contribution in [0.25, 0.3) is 22.1 Å². The predicted octanol–water partition coefficient (Wildman–Crippen LogP) is 3.50. The molecule has 1 fully saturated rings. The van der Waals surface area contributed by atoms with Gasteiger partial charge in [0.05, 0.1) is 30.9 Å². The third kappa shape index (κ3) is 4.07. The van der Waals surface area contributed by atoms with Gasteiger partial charge in [-0.2, -0.15) is 0 Å². The number of fused-ring (bicyclic) bond motifs is 3. The van der Waals surface area contributed by atoms with Crippen molar-refractivity contribution in [3.63, 3.8) is 0 Å². The summed E-state index contributed by atoms with van der Waals surface area (Å²) in [6, 6.07) is 17.1. The molecule has 1 aliphatic rings. The van der Waals surface area contributed by atoms with Crippen molar-refractivity contribution in [2.45, 2.75) is 37.9 Å². The quantitative estimate of drug-likeness (QED) is 0.487. The first kappa shape index (κ1) is 19.5. The Morgan fingerprint density at radius 2 is 1.83 bits per heavy atom. The number of aryl methyl sites for hydroxylation is 1. The van der Waals surface area contributed by atoms with Crippen molar-refractivity contribution >= 4 is 33.8 Å². The van der Waals surface area contributed by atoms with Crippen LogP contribution in [0.3, 0.4) is 0 Å². The molecule has 5 nitrogen and oxygen atoms in total. The Morgan fingerprint density at radius 1 is 1.00 bits per heavy atom. The smallest absolute Gasteiger partial charge is 0.211 e. The van der Waals surface area contributed by atoms with Gasteiger partial charge in [0, 0.05) is 11.9 Å². The van der Waals surface area contributed by atoms with Crippen LogP contribution in [0.5, 0.6) is 0 Å². The first-order valence-corrected chi connectivity index (χ1v) is 11.9. The van der Waals surface area contributed by atoms with Crippen LogP contribution in [0, 0.1) is 6.92 Å². The SMILES string of the molecule is Cc1ccc2c(c1)c1nnc(SCC[NH+]3CCCCC3)nc1n2Cc1ccccc1. The number of rotatable bonds is 6. The minimum absolute atomic E-state index is 0.782. The topological polar surface area (TPSA) is 48.0 Å². The van der Waals surface area contributed by atoms with Crippen molar-refractivity contribution in [2.75, 3.05) is 25.4 Å². The van der Waals surface area contributed by atoms with Crippen LogP contribution in [0.4, 0.5) is 0 Å². The van der Waals surface area contributed by atoms with E-state index in [4.69, 9.17) is 4.98 Å². The maximum atomic E-state index is 4.96. The summed E-state index contributed by atoms with van der Waals surface area (Å²) in [6.07, 6.45) is 4.12. The van der Waals surface area contributed by atoms with Gasteiger partial charge in [0.15, 0.2) is 5.65 Å². The van der Waals surface area contributed by atoms with E-state index < -0.39 is 0 Å². The number of hydrogen-bond acceptors (Lipinski definition) is 4. The van der Waals surface area contributed by atoms with Crippen LogP contribution in [0.1, 0.15) is 30.4 Å². The lowest BCUT2D eigenvalue weighted by molar-refractivity contribution is -0.902. The van der Waals surface area contributed by atoms with Crippen molar-refractivity contribution in [3.8, 4) is 0 Å². The molecule has 154 valence electrons. The van der Waals surface area contributed by atoms with Gasteiger partial charge in [0.1, 0.15) is 5.52 Å². The van der Waals surface area contributed by atoms with Crippen LogP contribution in [-0.2, 0) is 6.54 Å². The summed E-state index contributed by atoms with van der Waals surface area (Å²) in [5, 5.41) is 11.0. The number of nitrogens with zero attached hydrogens (tertiary/aromatic N) is 4. The average molecular weight is 419 g/mol. The molecule has 6 heteroatoms. The molecule has 0 amide bonds. The number of hydrogen-bond donors (Lipinski definition) is 1. The molecular weight excluding hydrogens is 390 g/mol. The fraction of sp³-hybridized carbons (Fsp3) is 0.375. The third-order valence-corrected chi connectivity index (χ3v) is 6.87. The molecule has 0 saturated carbocycles. The number of aromatic nitrogens is 4. The minimum atomic E-state index is 0.782. The number of benzene rings is 2. The Kier molecular flexibility index (Phi) is 5.69. The molecule has 0 bridgehead atoms. The van der Waals surface area contributed by atoms with Crippen LogP contribution in [0.2, 0.25) is 0 Å². The maximum Gasteiger partial charge on any atom is 0.211 e. The monoisotopic (exact) mass is 418 g/mol. The molecule has 4 aromatic rings. The van der Waals surface area contributed by atoms with Gasteiger partial charge >= 0.3 is 0 Å². The summed E-state index contributed by atoms with van der Waals surface area (Å²) >= 11 is 1.74. The van der Waals surface area contributed by atoms with E-state index in [9.17, 15) is 0 Å². The number of quaternary nitrogens is 1. The molecule has 1 saturated heterocycles. The lowest BCUT2D eigenvalue weighted by atomic mass is 10.1. The molecule has 0 spiro atoms. The molecule has 0 unspecified atom stereocenters. The van der Waals surface area contributed by atoms with Gasteiger partial charge < -0.3 is 9.47 Å². The van der Waals surface area contributed by atoms with E-state index in [2.05, 4.69) is 70.2 Å². The summed E-state index contributed by atoms with van der Waals surface area (Å²) in [5.41, 5.74) is 5.49. The van der Waals surface area contributed by atoms with E-state index in [0.29, 0.717) is 0 Å². The molecule has 0 atom stereocenters. The van der Waals surface area contributed by atoms with Gasteiger partial charge in [0.2, 0.25) is 5.16 Å². The summed E-state index contributed by atoms with van der Waals surface area (Å²) in [7, 11) is 0. The van der Waals surface area contributed by atoms with Crippen molar-refractivity contribution in [2.24, 2.45) is 0 Å². The third-order valence-electron chi connectivity index (χ3n) is 6.03. The summed E-state index contributed by atoms with van der Waals surface area (Å²) in [5.74, 6) is 1.04. The van der Waals surface area contributed by atoms with Gasteiger partial charge in [-0.15, -0.1) is 10.2 Å². The van der Waals surface area contributed by atoms with Crippen LogP contribution in [-0.4, -0.2) is 45.1 Å². The fourth-order valence-electron chi connectivity index (χ4n) is 4.43. The van der Waals surface area contributed by atoms with Gasteiger partial charge in [-0.1, -0.05) is 53.7 Å². The highest BCUT2D eigenvalue weighted by molar-refractivity contribution is 7.99. The van der Waals surface area contributed by atoms with Crippen LogP contribution < -0.4 is 4.90 Å². The second kappa shape index (κ2) is 8.74. The van der Waals surface area contributed by atoms with E-state index in [-0.39, 0.29) is 0 Å². The first-order valence-electron chi connectivity index (χ1n) is 10.9. The molecule has 3 heterocycles. The van der Waals surface area contributed by atoms with Crippen molar-refractivity contribution in [3.05, 3.63) is 59.7 Å². The van der Waals surface area contributed by atoms with E-state index in [1.807, 2.05) is 0 Å². The van der Waals surface area contributed by atoms with Crippen LogP contribution >= 0.6 is 11.8 Å². The Balaban J connectivity index is 1.46. The second-order valence-electron chi connectivity index (χ2n) is 8.27. The second-order valence-corrected chi connectivity index (χ2v) is 9.33. The highest BCUT2D eigenvalue weighted by Crippen LogP contribution is 2.29. The molecule has 1 aliphatic heterocycles. The standard InChI is InChI=1S/C24H27N5S/c1-18-10-11-21-20(16-18)22-23(29(21)17-19-8-4-2-5-9-19)25-24(27-26-22)30-15-14-28-12-6-3-7-13-28/h2,4-5,8-11,16H,3,6-7,12-15,17H2,1H3/p+1. The predicted molar refractivity (Wildman–Crippen MR) is 123 cm³/mol. The van der Waals surface area contributed by atoms with Gasteiger partial charge in [0.25, 0.3) is 0 Å². The highest BCUT2D eigenvalue weighted by Gasteiger charge is 2.17. The number of likely N-dealkylation sites (tertiary alicyclic amines) is 1. The van der Waals surface area contributed by atoms with E-state index in [1.54, 1.807) is 16.7 Å². The lowest BCUT2D eigenvalue weighted by Gasteiger charge is -2.22. The zero-order chi connectivity index (χ0) is 20.3. The van der Waals surface area contributed by atoms with Gasteiger partial charge in [-0.25, -0.2) is 4.98 Å². The Bertz CT molecular complexity index is 1150. The Morgan fingerprint density at radius 3 is 2.67 bits per heavy atom. The first-order chi connectivity index (χ1) is 14.8. The molecule has 0 radical (unpaired) electrons. The van der Waals surface area contributed by atoms with E-state index in [1.165, 1.54) is 55.5 Å². The Labute approximate surface area is 181 Å². The molecule has 5 rings (SSSR count).